The molecule has 1 heterocycles. The van der Waals surface area contributed by atoms with Crippen molar-refractivity contribution in [3.63, 3.8) is 0 Å². The zero-order chi connectivity index (χ0) is 11.0. The van der Waals surface area contributed by atoms with Crippen molar-refractivity contribution in [3.8, 4) is 0 Å². The first-order chi connectivity index (χ1) is 7.08. The van der Waals surface area contributed by atoms with Crippen LogP contribution in [0.5, 0.6) is 0 Å². The molecule has 0 saturated heterocycles. The standard InChI is InChI=1S/C12H15FN2/c1-7(14)5-10-8(2)15-12-4-3-9(13)6-11(10)12/h3-4,6-7,15H,5,14H2,1-2H3. The Kier molecular flexibility index (Phi) is 2.49. The summed E-state index contributed by atoms with van der Waals surface area (Å²) in [6.07, 6.45) is 0.773. The van der Waals surface area contributed by atoms with E-state index in [4.69, 9.17) is 5.73 Å². The Labute approximate surface area is 88.3 Å². The van der Waals surface area contributed by atoms with E-state index in [0.29, 0.717) is 0 Å². The van der Waals surface area contributed by atoms with E-state index in [-0.39, 0.29) is 11.9 Å². The molecule has 0 saturated carbocycles. The second-order valence-corrected chi connectivity index (χ2v) is 4.10. The van der Waals surface area contributed by atoms with Gasteiger partial charge in [-0.2, -0.15) is 0 Å². The molecule has 1 atom stereocenters. The van der Waals surface area contributed by atoms with Gasteiger partial charge in [0.15, 0.2) is 0 Å². The van der Waals surface area contributed by atoms with Gasteiger partial charge in [0.2, 0.25) is 0 Å². The molecule has 0 amide bonds. The summed E-state index contributed by atoms with van der Waals surface area (Å²) in [6, 6.07) is 4.89. The minimum atomic E-state index is -0.201. The van der Waals surface area contributed by atoms with Gasteiger partial charge in [-0.1, -0.05) is 0 Å². The average Bonchev–Trinajstić information content (AvgIpc) is 2.43. The van der Waals surface area contributed by atoms with Gasteiger partial charge in [-0.15, -0.1) is 0 Å². The number of benzene rings is 1. The van der Waals surface area contributed by atoms with Gasteiger partial charge >= 0.3 is 0 Å². The summed E-state index contributed by atoms with van der Waals surface area (Å²) in [7, 11) is 0. The Morgan fingerprint density at radius 3 is 2.87 bits per heavy atom. The highest BCUT2D eigenvalue weighted by molar-refractivity contribution is 5.84. The Morgan fingerprint density at radius 2 is 2.20 bits per heavy atom. The maximum atomic E-state index is 13.1. The first-order valence-electron chi connectivity index (χ1n) is 5.10. The third kappa shape index (κ3) is 1.88. The van der Waals surface area contributed by atoms with Crippen LogP contribution in [-0.4, -0.2) is 11.0 Å². The monoisotopic (exact) mass is 206 g/mol. The van der Waals surface area contributed by atoms with E-state index in [0.717, 1.165) is 28.6 Å². The SMILES string of the molecule is Cc1[nH]c2ccc(F)cc2c1CC(C)N. The molecule has 1 aromatic heterocycles. The van der Waals surface area contributed by atoms with Crippen molar-refractivity contribution in [2.45, 2.75) is 26.3 Å². The number of fused-ring (bicyclic) bond motifs is 1. The molecule has 0 bridgehead atoms. The van der Waals surface area contributed by atoms with Crippen LogP contribution in [0.1, 0.15) is 18.2 Å². The average molecular weight is 206 g/mol. The number of hydrogen-bond donors (Lipinski definition) is 2. The molecule has 80 valence electrons. The minimum absolute atomic E-state index is 0.0889. The van der Waals surface area contributed by atoms with Gasteiger partial charge in [-0.05, 0) is 44.0 Å². The normalized spacial score (nSPS) is 13.3. The van der Waals surface area contributed by atoms with Gasteiger partial charge in [0, 0.05) is 22.6 Å². The predicted molar refractivity (Wildman–Crippen MR) is 60.3 cm³/mol. The van der Waals surface area contributed by atoms with E-state index < -0.39 is 0 Å². The van der Waals surface area contributed by atoms with Crippen LogP contribution in [0, 0.1) is 12.7 Å². The third-order valence-corrected chi connectivity index (χ3v) is 2.61. The van der Waals surface area contributed by atoms with Gasteiger partial charge in [-0.3, -0.25) is 0 Å². The molecule has 0 aliphatic heterocycles. The molecule has 2 rings (SSSR count). The first-order valence-corrected chi connectivity index (χ1v) is 5.10. The lowest BCUT2D eigenvalue weighted by Gasteiger charge is -2.04. The van der Waals surface area contributed by atoms with Crippen LogP contribution in [0.4, 0.5) is 4.39 Å². The molecule has 3 heteroatoms. The summed E-state index contributed by atoms with van der Waals surface area (Å²) >= 11 is 0. The van der Waals surface area contributed by atoms with Gasteiger partial charge in [0.1, 0.15) is 5.82 Å². The molecule has 3 N–H and O–H groups in total. The van der Waals surface area contributed by atoms with Crippen molar-refractivity contribution in [3.05, 3.63) is 35.3 Å². The fourth-order valence-electron chi connectivity index (χ4n) is 1.94. The van der Waals surface area contributed by atoms with Crippen LogP contribution >= 0.6 is 0 Å². The number of aromatic nitrogens is 1. The maximum absolute atomic E-state index is 13.1. The summed E-state index contributed by atoms with van der Waals surface area (Å²) < 4.78 is 13.1. The molecule has 2 nitrogen and oxygen atoms in total. The molecule has 0 radical (unpaired) electrons. The summed E-state index contributed by atoms with van der Waals surface area (Å²) in [5.41, 5.74) is 8.95. The largest absolute Gasteiger partial charge is 0.358 e. The number of hydrogen-bond acceptors (Lipinski definition) is 1. The van der Waals surface area contributed by atoms with E-state index in [1.165, 1.54) is 6.07 Å². The zero-order valence-corrected chi connectivity index (χ0v) is 8.97. The molecule has 0 aliphatic carbocycles. The van der Waals surface area contributed by atoms with E-state index in [2.05, 4.69) is 4.98 Å². The topological polar surface area (TPSA) is 41.8 Å². The highest BCUT2D eigenvalue weighted by Gasteiger charge is 2.10. The number of aromatic amines is 1. The lowest BCUT2D eigenvalue weighted by molar-refractivity contribution is 0.629. The maximum Gasteiger partial charge on any atom is 0.123 e. The third-order valence-electron chi connectivity index (χ3n) is 2.61. The number of halogens is 1. The smallest absolute Gasteiger partial charge is 0.123 e. The van der Waals surface area contributed by atoms with E-state index in [1.807, 2.05) is 13.8 Å². The molecule has 1 aromatic carbocycles. The first kappa shape index (κ1) is 10.2. The fraction of sp³-hybridized carbons (Fsp3) is 0.333. The number of nitrogens with one attached hydrogen (secondary N) is 1. The lowest BCUT2D eigenvalue weighted by Crippen LogP contribution is -2.18. The van der Waals surface area contributed by atoms with Crippen LogP contribution in [0.25, 0.3) is 10.9 Å². The number of nitrogens with two attached hydrogens (primary N) is 1. The molecule has 2 aromatic rings. The number of aryl methyl sites for hydroxylation is 1. The van der Waals surface area contributed by atoms with Crippen LogP contribution < -0.4 is 5.73 Å². The molecule has 1 unspecified atom stereocenters. The number of rotatable bonds is 2. The molecule has 0 fully saturated rings. The highest BCUT2D eigenvalue weighted by Crippen LogP contribution is 2.23. The van der Waals surface area contributed by atoms with Gasteiger partial charge in [0.05, 0.1) is 0 Å². The quantitative estimate of drug-likeness (QED) is 0.778. The van der Waals surface area contributed by atoms with Crippen LogP contribution in [-0.2, 0) is 6.42 Å². The van der Waals surface area contributed by atoms with E-state index in [1.54, 1.807) is 12.1 Å². The Morgan fingerprint density at radius 1 is 1.47 bits per heavy atom. The van der Waals surface area contributed by atoms with Crippen molar-refractivity contribution in [1.29, 1.82) is 0 Å². The summed E-state index contributed by atoms with van der Waals surface area (Å²) in [5, 5.41) is 0.949. The Balaban J connectivity index is 2.60. The van der Waals surface area contributed by atoms with Gasteiger partial charge < -0.3 is 10.7 Å². The van der Waals surface area contributed by atoms with Crippen molar-refractivity contribution >= 4 is 10.9 Å². The predicted octanol–water partition coefficient (Wildman–Crippen LogP) is 2.51. The van der Waals surface area contributed by atoms with E-state index in [9.17, 15) is 4.39 Å². The summed E-state index contributed by atoms with van der Waals surface area (Å²) in [4.78, 5) is 3.24. The van der Waals surface area contributed by atoms with Crippen LogP contribution in [0.3, 0.4) is 0 Å². The molecular weight excluding hydrogens is 191 g/mol. The molecular formula is C12H15FN2. The molecule has 0 aliphatic rings. The second kappa shape index (κ2) is 3.66. The van der Waals surface area contributed by atoms with Crippen molar-refractivity contribution in [2.75, 3.05) is 0 Å². The number of H-pyrrole nitrogens is 1. The Hall–Kier alpha value is -1.35. The fourth-order valence-corrected chi connectivity index (χ4v) is 1.94. The van der Waals surface area contributed by atoms with Crippen molar-refractivity contribution in [2.24, 2.45) is 5.73 Å². The second-order valence-electron chi connectivity index (χ2n) is 4.10. The molecule has 15 heavy (non-hydrogen) atoms. The summed E-state index contributed by atoms with van der Waals surface area (Å²) in [5.74, 6) is -0.201. The Bertz CT molecular complexity index is 486. The van der Waals surface area contributed by atoms with E-state index >= 15 is 0 Å². The van der Waals surface area contributed by atoms with Crippen molar-refractivity contribution < 1.29 is 4.39 Å². The van der Waals surface area contributed by atoms with Crippen molar-refractivity contribution in [1.82, 2.24) is 4.98 Å². The van der Waals surface area contributed by atoms with Gasteiger partial charge in [0.25, 0.3) is 0 Å². The minimum Gasteiger partial charge on any atom is -0.358 e. The summed E-state index contributed by atoms with van der Waals surface area (Å²) in [6.45, 7) is 3.95. The zero-order valence-electron chi connectivity index (χ0n) is 8.97. The molecule has 0 spiro atoms. The highest BCUT2D eigenvalue weighted by atomic mass is 19.1. The lowest BCUT2D eigenvalue weighted by atomic mass is 10.0. The van der Waals surface area contributed by atoms with Crippen LogP contribution in [0.2, 0.25) is 0 Å². The van der Waals surface area contributed by atoms with Crippen LogP contribution in [0.15, 0.2) is 18.2 Å². The van der Waals surface area contributed by atoms with Gasteiger partial charge in [-0.25, -0.2) is 4.39 Å².